The SMILES string of the molecule is C=C(C)[C@@H](C)[C@@H](C)C(=S)SC. The molecule has 0 aromatic carbocycles. The van der Waals surface area contributed by atoms with Gasteiger partial charge in [-0.1, -0.05) is 38.2 Å². The van der Waals surface area contributed by atoms with Gasteiger partial charge in [-0.05, 0) is 19.1 Å². The van der Waals surface area contributed by atoms with Crippen LogP contribution in [0.15, 0.2) is 12.2 Å². The molecule has 0 spiro atoms. The molecule has 0 aromatic heterocycles. The summed E-state index contributed by atoms with van der Waals surface area (Å²) in [6, 6.07) is 0. The van der Waals surface area contributed by atoms with Gasteiger partial charge in [-0.15, -0.1) is 11.8 Å². The van der Waals surface area contributed by atoms with Crippen molar-refractivity contribution in [2.24, 2.45) is 11.8 Å². The summed E-state index contributed by atoms with van der Waals surface area (Å²) in [5, 5.41) is 0. The monoisotopic (exact) mass is 188 g/mol. The van der Waals surface area contributed by atoms with Crippen LogP contribution in [0, 0.1) is 11.8 Å². The van der Waals surface area contributed by atoms with Crippen LogP contribution in [0.1, 0.15) is 20.8 Å². The van der Waals surface area contributed by atoms with Crippen molar-refractivity contribution in [1.82, 2.24) is 0 Å². The lowest BCUT2D eigenvalue weighted by Gasteiger charge is -2.19. The molecule has 0 heterocycles. The standard InChI is InChI=1S/C9H16S2/c1-6(2)7(3)8(4)9(10)11-5/h7-8H,1H2,2-5H3/t7-,8-/m1/s1. The third-order valence-corrected chi connectivity index (χ3v) is 3.75. The highest BCUT2D eigenvalue weighted by atomic mass is 32.2. The Balaban J connectivity index is 4.12. The van der Waals surface area contributed by atoms with E-state index in [-0.39, 0.29) is 0 Å². The zero-order valence-electron chi connectivity index (χ0n) is 7.68. The first kappa shape index (κ1) is 11.2. The van der Waals surface area contributed by atoms with Crippen LogP contribution in [0.2, 0.25) is 0 Å². The Labute approximate surface area is 79.5 Å². The maximum atomic E-state index is 5.20. The van der Waals surface area contributed by atoms with Crippen LogP contribution in [-0.2, 0) is 0 Å². The number of allylic oxidation sites excluding steroid dienone is 1. The molecule has 0 radical (unpaired) electrons. The molecule has 2 atom stereocenters. The summed E-state index contributed by atoms with van der Waals surface area (Å²) < 4.78 is 1.08. The Hall–Kier alpha value is 0.180. The van der Waals surface area contributed by atoms with Crippen molar-refractivity contribution >= 4 is 28.2 Å². The van der Waals surface area contributed by atoms with Crippen molar-refractivity contribution in [2.75, 3.05) is 6.26 Å². The molecule has 0 unspecified atom stereocenters. The maximum Gasteiger partial charge on any atom is 0.0509 e. The van der Waals surface area contributed by atoms with Crippen LogP contribution < -0.4 is 0 Å². The third-order valence-electron chi connectivity index (χ3n) is 2.10. The van der Waals surface area contributed by atoms with Crippen molar-refractivity contribution in [2.45, 2.75) is 20.8 Å². The fourth-order valence-electron chi connectivity index (χ4n) is 0.817. The second-order valence-corrected chi connectivity index (χ2v) is 4.49. The van der Waals surface area contributed by atoms with E-state index in [1.54, 1.807) is 11.8 Å². The molecule has 11 heavy (non-hydrogen) atoms. The fraction of sp³-hybridized carbons (Fsp3) is 0.667. The summed E-state index contributed by atoms with van der Waals surface area (Å²) in [5.41, 5.74) is 1.22. The van der Waals surface area contributed by atoms with E-state index in [9.17, 15) is 0 Å². The number of thioether (sulfide) groups is 1. The molecular formula is C9H16S2. The first-order valence-electron chi connectivity index (χ1n) is 3.74. The molecule has 64 valence electrons. The summed E-state index contributed by atoms with van der Waals surface area (Å²) in [6.07, 6.45) is 2.03. The average molecular weight is 188 g/mol. The zero-order chi connectivity index (χ0) is 9.02. The van der Waals surface area contributed by atoms with Gasteiger partial charge in [0.05, 0.1) is 4.20 Å². The van der Waals surface area contributed by atoms with E-state index in [0.717, 1.165) is 4.20 Å². The molecule has 0 bridgehead atoms. The lowest BCUT2D eigenvalue weighted by Crippen LogP contribution is -2.14. The van der Waals surface area contributed by atoms with Crippen LogP contribution in [0.3, 0.4) is 0 Å². The highest BCUT2D eigenvalue weighted by Gasteiger charge is 2.16. The van der Waals surface area contributed by atoms with Gasteiger partial charge >= 0.3 is 0 Å². The van der Waals surface area contributed by atoms with Gasteiger partial charge in [0.25, 0.3) is 0 Å². The summed E-state index contributed by atoms with van der Waals surface area (Å²) in [6.45, 7) is 10.3. The number of hydrogen-bond donors (Lipinski definition) is 0. The Morgan fingerprint density at radius 2 is 1.82 bits per heavy atom. The summed E-state index contributed by atoms with van der Waals surface area (Å²) >= 11 is 6.86. The molecule has 0 aliphatic heterocycles. The van der Waals surface area contributed by atoms with Gasteiger partial charge in [-0.25, -0.2) is 0 Å². The van der Waals surface area contributed by atoms with Crippen molar-refractivity contribution in [3.8, 4) is 0 Å². The van der Waals surface area contributed by atoms with Crippen molar-refractivity contribution in [3.63, 3.8) is 0 Å². The topological polar surface area (TPSA) is 0 Å². The molecule has 0 saturated carbocycles. The van der Waals surface area contributed by atoms with Crippen LogP contribution >= 0.6 is 24.0 Å². The molecule has 0 fully saturated rings. The molecular weight excluding hydrogens is 172 g/mol. The van der Waals surface area contributed by atoms with Gasteiger partial charge in [0, 0.05) is 5.92 Å². The second-order valence-electron chi connectivity index (χ2n) is 2.95. The van der Waals surface area contributed by atoms with Crippen LogP contribution in [0.5, 0.6) is 0 Å². The van der Waals surface area contributed by atoms with E-state index in [4.69, 9.17) is 12.2 Å². The van der Waals surface area contributed by atoms with E-state index < -0.39 is 0 Å². The molecule has 0 aliphatic carbocycles. The van der Waals surface area contributed by atoms with E-state index in [0.29, 0.717) is 11.8 Å². The second kappa shape index (κ2) is 4.94. The summed E-state index contributed by atoms with van der Waals surface area (Å²) in [7, 11) is 0. The summed E-state index contributed by atoms with van der Waals surface area (Å²) in [5.74, 6) is 0.979. The summed E-state index contributed by atoms with van der Waals surface area (Å²) in [4.78, 5) is 0. The Bertz CT molecular complexity index is 161. The van der Waals surface area contributed by atoms with Gasteiger partial charge in [-0.3, -0.25) is 0 Å². The van der Waals surface area contributed by atoms with Crippen molar-refractivity contribution in [1.29, 1.82) is 0 Å². The molecule has 0 amide bonds. The fourth-order valence-corrected chi connectivity index (χ4v) is 1.60. The Morgan fingerprint density at radius 3 is 2.09 bits per heavy atom. The van der Waals surface area contributed by atoms with Crippen LogP contribution in [-0.4, -0.2) is 10.5 Å². The van der Waals surface area contributed by atoms with Gasteiger partial charge in [0.1, 0.15) is 0 Å². The average Bonchev–Trinajstić information content (AvgIpc) is 2.00. The predicted molar refractivity (Wildman–Crippen MR) is 59.3 cm³/mol. The van der Waals surface area contributed by atoms with Gasteiger partial charge in [0.2, 0.25) is 0 Å². The minimum absolute atomic E-state index is 0.470. The molecule has 0 aliphatic rings. The minimum atomic E-state index is 0.470. The predicted octanol–water partition coefficient (Wildman–Crippen LogP) is 3.53. The Morgan fingerprint density at radius 1 is 1.36 bits per heavy atom. The smallest absolute Gasteiger partial charge is 0.0509 e. The van der Waals surface area contributed by atoms with Crippen LogP contribution in [0.4, 0.5) is 0 Å². The van der Waals surface area contributed by atoms with Gasteiger partial charge < -0.3 is 0 Å². The van der Waals surface area contributed by atoms with E-state index in [2.05, 4.69) is 27.4 Å². The molecule has 0 nitrogen and oxygen atoms in total. The Kier molecular flexibility index (Phi) is 5.02. The van der Waals surface area contributed by atoms with Crippen molar-refractivity contribution < 1.29 is 0 Å². The third kappa shape index (κ3) is 3.39. The van der Waals surface area contributed by atoms with E-state index in [1.807, 2.05) is 6.26 Å². The first-order chi connectivity index (χ1) is 5.00. The minimum Gasteiger partial charge on any atom is -0.122 e. The normalized spacial score (nSPS) is 15.6. The molecule has 0 aromatic rings. The van der Waals surface area contributed by atoms with E-state index >= 15 is 0 Å². The maximum absolute atomic E-state index is 5.20. The first-order valence-corrected chi connectivity index (χ1v) is 5.37. The molecule has 0 saturated heterocycles. The van der Waals surface area contributed by atoms with Crippen molar-refractivity contribution in [3.05, 3.63) is 12.2 Å². The zero-order valence-corrected chi connectivity index (χ0v) is 9.31. The number of thiocarbonyl (C=S) groups is 1. The van der Waals surface area contributed by atoms with Gasteiger partial charge in [0.15, 0.2) is 0 Å². The molecule has 0 rings (SSSR count). The largest absolute Gasteiger partial charge is 0.122 e. The van der Waals surface area contributed by atoms with E-state index in [1.165, 1.54) is 5.57 Å². The number of rotatable bonds is 3. The highest BCUT2D eigenvalue weighted by molar-refractivity contribution is 8.22. The van der Waals surface area contributed by atoms with Gasteiger partial charge in [-0.2, -0.15) is 0 Å². The highest BCUT2D eigenvalue weighted by Crippen LogP contribution is 2.23. The quantitative estimate of drug-likeness (QED) is 0.491. The molecule has 2 heteroatoms. The molecule has 0 N–H and O–H groups in total. The van der Waals surface area contributed by atoms with Crippen LogP contribution in [0.25, 0.3) is 0 Å². The lowest BCUT2D eigenvalue weighted by atomic mass is 9.92. The lowest BCUT2D eigenvalue weighted by molar-refractivity contribution is 0.571. The number of hydrogen-bond acceptors (Lipinski definition) is 2.